The monoisotopic (exact) mass is 436 g/mol. The number of aromatic nitrogens is 2. The Morgan fingerprint density at radius 2 is 1.81 bits per heavy atom. The summed E-state index contributed by atoms with van der Waals surface area (Å²) in [4.78, 5) is 11.6. The molecule has 0 aliphatic carbocycles. The number of nitrogens with zero attached hydrogens (tertiary/aromatic N) is 3. The van der Waals surface area contributed by atoms with Gasteiger partial charge in [-0.1, -0.05) is 18.2 Å². The zero-order chi connectivity index (χ0) is 22.5. The summed E-state index contributed by atoms with van der Waals surface area (Å²) in [6.07, 6.45) is 3.75. The first kappa shape index (κ1) is 22.5. The predicted molar refractivity (Wildman–Crippen MR) is 123 cm³/mol. The van der Waals surface area contributed by atoms with Crippen molar-refractivity contribution in [2.24, 2.45) is 0 Å². The second kappa shape index (κ2) is 10.3. The molecule has 3 aromatic rings. The largest absolute Gasteiger partial charge is 0.311 e. The van der Waals surface area contributed by atoms with Gasteiger partial charge in [-0.05, 0) is 62.1 Å². The molecule has 32 heavy (non-hydrogen) atoms. The van der Waals surface area contributed by atoms with Gasteiger partial charge in [-0.25, -0.2) is 18.7 Å². The van der Waals surface area contributed by atoms with Crippen LogP contribution in [0.5, 0.6) is 0 Å². The number of aryl methyl sites for hydroxylation is 2. The molecule has 0 spiro atoms. The van der Waals surface area contributed by atoms with Gasteiger partial charge in [-0.3, -0.25) is 4.90 Å². The van der Waals surface area contributed by atoms with Crippen molar-refractivity contribution in [3.05, 3.63) is 83.3 Å². The third-order valence-corrected chi connectivity index (χ3v) is 6.00. The Morgan fingerprint density at radius 1 is 1.00 bits per heavy atom. The molecule has 2 atom stereocenters. The molecule has 1 aromatic heterocycles. The number of hydrogen-bond donors (Lipinski definition) is 1. The molecule has 1 aliphatic rings. The van der Waals surface area contributed by atoms with Crippen LogP contribution in [0.4, 0.5) is 8.78 Å². The fourth-order valence-corrected chi connectivity index (χ4v) is 4.27. The molecule has 0 radical (unpaired) electrons. The van der Waals surface area contributed by atoms with Crippen LogP contribution in [0, 0.1) is 11.6 Å². The maximum absolute atomic E-state index is 13.4. The predicted octanol–water partition coefficient (Wildman–Crippen LogP) is 4.78. The summed E-state index contributed by atoms with van der Waals surface area (Å²) in [6, 6.07) is 15.1. The zero-order valence-corrected chi connectivity index (χ0v) is 18.7. The summed E-state index contributed by atoms with van der Waals surface area (Å²) in [7, 11) is 0. The molecule has 6 heteroatoms. The van der Waals surface area contributed by atoms with Gasteiger partial charge in [0.05, 0.1) is 5.69 Å². The van der Waals surface area contributed by atoms with Crippen LogP contribution in [-0.4, -0.2) is 40.0 Å². The lowest BCUT2D eigenvalue weighted by molar-refractivity contribution is 0.139. The maximum Gasteiger partial charge on any atom is 0.128 e. The van der Waals surface area contributed by atoms with Crippen LogP contribution in [0.25, 0.3) is 11.3 Å². The standard InChI is InChI=1S/C26H30F2N4/c1-18-16-32(19(2)15-30-18)17-21-6-3-7-22(11-21)25-9-10-29-26(31-25)8-4-5-20-12-23(27)14-24(28)13-20/h3,6-7,9-14,18-19,30H,4-5,8,15-17H2,1-2H3/t18-,19+/m1/s1. The molecule has 1 fully saturated rings. The quantitative estimate of drug-likeness (QED) is 0.579. The van der Waals surface area contributed by atoms with Crippen LogP contribution in [0.2, 0.25) is 0 Å². The number of nitrogens with one attached hydrogen (secondary N) is 1. The van der Waals surface area contributed by atoms with Crippen molar-refractivity contribution >= 4 is 0 Å². The molecule has 2 heterocycles. The average Bonchev–Trinajstić information content (AvgIpc) is 2.76. The van der Waals surface area contributed by atoms with Gasteiger partial charge in [-0.2, -0.15) is 0 Å². The van der Waals surface area contributed by atoms with Crippen LogP contribution in [0.1, 0.15) is 37.2 Å². The smallest absolute Gasteiger partial charge is 0.128 e. The first-order valence-electron chi connectivity index (χ1n) is 11.3. The van der Waals surface area contributed by atoms with E-state index in [0.717, 1.165) is 49.2 Å². The van der Waals surface area contributed by atoms with Gasteiger partial charge < -0.3 is 5.32 Å². The molecule has 4 rings (SSSR count). The van der Waals surface area contributed by atoms with E-state index in [-0.39, 0.29) is 0 Å². The topological polar surface area (TPSA) is 41.1 Å². The summed E-state index contributed by atoms with van der Waals surface area (Å²) in [5, 5.41) is 3.53. The van der Waals surface area contributed by atoms with E-state index in [1.165, 1.54) is 17.7 Å². The van der Waals surface area contributed by atoms with Crippen molar-refractivity contribution in [1.29, 1.82) is 0 Å². The number of hydrogen-bond acceptors (Lipinski definition) is 4. The van der Waals surface area contributed by atoms with Crippen molar-refractivity contribution < 1.29 is 8.78 Å². The third-order valence-electron chi connectivity index (χ3n) is 6.00. The average molecular weight is 437 g/mol. The Kier molecular flexibility index (Phi) is 7.22. The second-order valence-electron chi connectivity index (χ2n) is 8.78. The second-order valence-corrected chi connectivity index (χ2v) is 8.78. The summed E-state index contributed by atoms with van der Waals surface area (Å²) < 4.78 is 26.7. The van der Waals surface area contributed by atoms with E-state index >= 15 is 0 Å². The van der Waals surface area contributed by atoms with Crippen molar-refractivity contribution in [3.63, 3.8) is 0 Å². The SMILES string of the molecule is C[C@@H]1CN(Cc2cccc(-c3ccnc(CCCc4cc(F)cc(F)c4)n3)c2)[C@@H](C)CN1. The molecule has 4 nitrogen and oxygen atoms in total. The summed E-state index contributed by atoms with van der Waals surface area (Å²) in [5.41, 5.74) is 3.91. The van der Waals surface area contributed by atoms with Gasteiger partial charge in [0.15, 0.2) is 0 Å². The lowest BCUT2D eigenvalue weighted by atomic mass is 10.0. The van der Waals surface area contributed by atoms with Crippen LogP contribution in [0.3, 0.4) is 0 Å². The Hall–Kier alpha value is -2.70. The van der Waals surface area contributed by atoms with Crippen molar-refractivity contribution in [2.45, 2.75) is 51.7 Å². The van der Waals surface area contributed by atoms with Gasteiger partial charge in [0.1, 0.15) is 17.5 Å². The molecule has 0 bridgehead atoms. The molecule has 0 amide bonds. The summed E-state index contributed by atoms with van der Waals surface area (Å²) >= 11 is 0. The maximum atomic E-state index is 13.4. The van der Waals surface area contributed by atoms with Gasteiger partial charge >= 0.3 is 0 Å². The normalized spacial score (nSPS) is 19.2. The molecular formula is C26H30F2N4. The van der Waals surface area contributed by atoms with E-state index in [4.69, 9.17) is 4.98 Å². The lowest BCUT2D eigenvalue weighted by Crippen LogP contribution is -2.53. The Bertz CT molecular complexity index is 1040. The number of halogens is 2. The minimum absolute atomic E-state index is 0.502. The number of piperazine rings is 1. The van der Waals surface area contributed by atoms with E-state index in [1.54, 1.807) is 6.20 Å². The molecule has 0 saturated carbocycles. The summed E-state index contributed by atoms with van der Waals surface area (Å²) in [5.74, 6) is -0.333. The van der Waals surface area contributed by atoms with E-state index in [1.807, 2.05) is 6.07 Å². The fourth-order valence-electron chi connectivity index (χ4n) is 4.27. The molecular weight excluding hydrogens is 406 g/mol. The minimum atomic E-state index is -0.539. The third kappa shape index (κ3) is 5.96. The zero-order valence-electron chi connectivity index (χ0n) is 18.7. The van der Waals surface area contributed by atoms with Crippen LogP contribution in [-0.2, 0) is 19.4 Å². The molecule has 1 N–H and O–H groups in total. The van der Waals surface area contributed by atoms with E-state index in [2.05, 4.69) is 53.3 Å². The molecule has 168 valence electrons. The van der Waals surface area contributed by atoms with Gasteiger partial charge in [-0.15, -0.1) is 0 Å². The van der Waals surface area contributed by atoms with Gasteiger partial charge in [0.25, 0.3) is 0 Å². The number of rotatable bonds is 7. The summed E-state index contributed by atoms with van der Waals surface area (Å²) in [6.45, 7) is 7.46. The lowest BCUT2D eigenvalue weighted by Gasteiger charge is -2.37. The minimum Gasteiger partial charge on any atom is -0.311 e. The molecule has 2 aromatic carbocycles. The van der Waals surface area contributed by atoms with E-state index in [0.29, 0.717) is 30.5 Å². The van der Waals surface area contributed by atoms with Crippen molar-refractivity contribution in [3.8, 4) is 11.3 Å². The first-order valence-corrected chi connectivity index (χ1v) is 11.3. The highest BCUT2D eigenvalue weighted by molar-refractivity contribution is 5.59. The highest BCUT2D eigenvalue weighted by Crippen LogP contribution is 2.21. The fraction of sp³-hybridized carbons (Fsp3) is 0.385. The molecule has 1 saturated heterocycles. The van der Waals surface area contributed by atoms with E-state index in [9.17, 15) is 8.78 Å². The van der Waals surface area contributed by atoms with Gasteiger partial charge in [0.2, 0.25) is 0 Å². The number of benzene rings is 2. The molecule has 0 unspecified atom stereocenters. The first-order chi connectivity index (χ1) is 15.5. The molecule has 1 aliphatic heterocycles. The van der Waals surface area contributed by atoms with Gasteiger partial charge in [0, 0.05) is 56.0 Å². The Morgan fingerprint density at radius 3 is 2.62 bits per heavy atom. The Labute approximate surface area is 188 Å². The van der Waals surface area contributed by atoms with Crippen LogP contribution < -0.4 is 5.32 Å². The Balaban J connectivity index is 1.41. The highest BCUT2D eigenvalue weighted by Gasteiger charge is 2.22. The van der Waals surface area contributed by atoms with E-state index < -0.39 is 11.6 Å². The highest BCUT2D eigenvalue weighted by atomic mass is 19.1. The van der Waals surface area contributed by atoms with Crippen LogP contribution >= 0.6 is 0 Å². The van der Waals surface area contributed by atoms with Crippen molar-refractivity contribution in [1.82, 2.24) is 20.2 Å². The van der Waals surface area contributed by atoms with Crippen LogP contribution in [0.15, 0.2) is 54.7 Å². The van der Waals surface area contributed by atoms with Crippen molar-refractivity contribution in [2.75, 3.05) is 13.1 Å².